The van der Waals surface area contributed by atoms with E-state index >= 15 is 0 Å². The number of fused-ring (bicyclic) bond motifs is 5. The van der Waals surface area contributed by atoms with Gasteiger partial charge in [-0.3, -0.25) is 20.0 Å². The normalized spacial score (nSPS) is 19.7. The smallest absolute Gasteiger partial charge is 0.146 e. The molecule has 0 spiro atoms. The van der Waals surface area contributed by atoms with E-state index in [1.165, 1.54) is 0 Å². The molecule has 0 radical (unpaired) electrons. The maximum Gasteiger partial charge on any atom is 0.146 e. The standard InChI is InChI=1S/C18H20N4/c1-9-7-11-12(15-13(9)19-17(3,4)21-15)8-10(2)14-16(11)22-18(5,6)20-14/h7-8H,1-6H3. The molecule has 0 amide bonds. The van der Waals surface area contributed by atoms with Gasteiger partial charge >= 0.3 is 0 Å². The van der Waals surface area contributed by atoms with Crippen LogP contribution < -0.4 is 21.4 Å². The molecule has 0 aromatic heterocycles. The largest absolute Gasteiger partial charge is 0.254 e. The SMILES string of the molecule is Cc1cc2c3c(c(C)cc2c2c1=NC(C)(C)N=2)=NC(C)(C)N=3. The number of aryl methyl sites for hydroxylation is 2. The second-order valence-electron chi connectivity index (χ2n) is 7.31. The number of benzene rings is 2. The molecule has 2 heterocycles. The van der Waals surface area contributed by atoms with Gasteiger partial charge in [-0.2, -0.15) is 0 Å². The van der Waals surface area contributed by atoms with Gasteiger partial charge in [0.25, 0.3) is 0 Å². The van der Waals surface area contributed by atoms with Crippen molar-refractivity contribution in [3.05, 3.63) is 44.7 Å². The molecule has 0 saturated carbocycles. The second kappa shape index (κ2) is 3.80. The highest BCUT2D eigenvalue weighted by molar-refractivity contribution is 5.83. The molecule has 112 valence electrons. The minimum absolute atomic E-state index is 0.380. The van der Waals surface area contributed by atoms with Gasteiger partial charge in [0.05, 0.1) is 21.4 Å². The van der Waals surface area contributed by atoms with Gasteiger partial charge in [0, 0.05) is 10.8 Å². The van der Waals surface area contributed by atoms with E-state index in [4.69, 9.17) is 20.0 Å². The van der Waals surface area contributed by atoms with E-state index in [2.05, 4.69) is 26.0 Å². The van der Waals surface area contributed by atoms with Crippen molar-refractivity contribution in [3.63, 3.8) is 0 Å². The Balaban J connectivity index is 2.31. The van der Waals surface area contributed by atoms with E-state index in [1.54, 1.807) is 0 Å². The van der Waals surface area contributed by atoms with Crippen LogP contribution in [0, 0.1) is 13.8 Å². The topological polar surface area (TPSA) is 49.4 Å². The van der Waals surface area contributed by atoms with Crippen molar-refractivity contribution in [3.8, 4) is 0 Å². The van der Waals surface area contributed by atoms with E-state index in [0.717, 1.165) is 43.3 Å². The Labute approximate surface area is 129 Å². The van der Waals surface area contributed by atoms with E-state index in [-0.39, 0.29) is 11.3 Å². The average Bonchev–Trinajstić information content (AvgIpc) is 2.88. The molecule has 2 aromatic rings. The Morgan fingerprint density at radius 1 is 0.591 bits per heavy atom. The molecule has 4 rings (SSSR count). The summed E-state index contributed by atoms with van der Waals surface area (Å²) >= 11 is 0. The highest BCUT2D eigenvalue weighted by Crippen LogP contribution is 2.17. The number of nitrogens with zero attached hydrogens (tertiary/aromatic N) is 4. The lowest BCUT2D eigenvalue weighted by Crippen LogP contribution is -2.32. The maximum absolute atomic E-state index is 4.84. The van der Waals surface area contributed by atoms with Crippen molar-refractivity contribution in [2.45, 2.75) is 52.9 Å². The molecule has 4 nitrogen and oxygen atoms in total. The lowest BCUT2D eigenvalue weighted by atomic mass is 10.0. The van der Waals surface area contributed by atoms with Crippen LogP contribution in [0.15, 0.2) is 32.1 Å². The van der Waals surface area contributed by atoms with Gasteiger partial charge in [-0.25, -0.2) is 0 Å². The molecular formula is C18H20N4. The first-order valence-corrected chi connectivity index (χ1v) is 7.69. The zero-order chi connectivity index (χ0) is 15.9. The monoisotopic (exact) mass is 292 g/mol. The van der Waals surface area contributed by atoms with Crippen molar-refractivity contribution < 1.29 is 0 Å². The fraction of sp³-hybridized carbons (Fsp3) is 0.444. The predicted octanol–water partition coefficient (Wildman–Crippen LogP) is 1.43. The Kier molecular flexibility index (Phi) is 2.34. The molecule has 0 saturated heterocycles. The molecule has 0 aliphatic carbocycles. The molecule has 0 N–H and O–H groups in total. The van der Waals surface area contributed by atoms with Crippen LogP contribution in [-0.4, -0.2) is 11.3 Å². The molecule has 0 unspecified atom stereocenters. The summed E-state index contributed by atoms with van der Waals surface area (Å²) in [5, 5.41) is 6.33. The Hall–Kier alpha value is -2.10. The Morgan fingerprint density at radius 3 is 1.27 bits per heavy atom. The molecule has 0 atom stereocenters. The summed E-state index contributed by atoms with van der Waals surface area (Å²) in [6, 6.07) is 4.38. The predicted molar refractivity (Wildman–Crippen MR) is 86.2 cm³/mol. The summed E-state index contributed by atoms with van der Waals surface area (Å²) < 4.78 is 0. The van der Waals surface area contributed by atoms with Gasteiger partial charge in [-0.05, 0) is 64.8 Å². The van der Waals surface area contributed by atoms with Gasteiger partial charge in [-0.1, -0.05) is 0 Å². The molecule has 2 aliphatic heterocycles. The number of rotatable bonds is 0. The number of hydrogen-bond donors (Lipinski definition) is 0. The van der Waals surface area contributed by atoms with Crippen molar-refractivity contribution in [2.24, 2.45) is 20.0 Å². The van der Waals surface area contributed by atoms with Crippen molar-refractivity contribution >= 4 is 10.8 Å². The molecule has 4 heteroatoms. The molecule has 0 bridgehead atoms. The highest BCUT2D eigenvalue weighted by Gasteiger charge is 2.24. The third-order valence-corrected chi connectivity index (χ3v) is 4.26. The summed E-state index contributed by atoms with van der Waals surface area (Å²) in [6.07, 6.45) is 0. The molecule has 2 aliphatic rings. The van der Waals surface area contributed by atoms with Crippen LogP contribution in [0.1, 0.15) is 38.8 Å². The van der Waals surface area contributed by atoms with E-state index in [9.17, 15) is 0 Å². The van der Waals surface area contributed by atoms with Crippen LogP contribution in [0.4, 0.5) is 0 Å². The quantitative estimate of drug-likeness (QED) is 0.705. The van der Waals surface area contributed by atoms with Crippen LogP contribution in [0.25, 0.3) is 10.8 Å². The first-order valence-electron chi connectivity index (χ1n) is 7.69. The molecular weight excluding hydrogens is 272 g/mol. The number of hydrogen-bond acceptors (Lipinski definition) is 4. The van der Waals surface area contributed by atoms with Crippen molar-refractivity contribution in [1.29, 1.82) is 0 Å². The first-order chi connectivity index (χ1) is 10.2. The van der Waals surface area contributed by atoms with Crippen LogP contribution in [-0.2, 0) is 0 Å². The maximum atomic E-state index is 4.84. The summed E-state index contributed by atoms with van der Waals surface area (Å²) in [4.78, 5) is 19.2. The second-order valence-corrected chi connectivity index (χ2v) is 7.31. The van der Waals surface area contributed by atoms with Gasteiger partial charge < -0.3 is 0 Å². The zero-order valence-corrected chi connectivity index (χ0v) is 13.9. The fourth-order valence-corrected chi connectivity index (χ4v) is 3.40. The highest BCUT2D eigenvalue weighted by atomic mass is 15.1. The summed E-state index contributed by atoms with van der Waals surface area (Å²) in [6.45, 7) is 12.4. The van der Waals surface area contributed by atoms with Crippen LogP contribution in [0.2, 0.25) is 0 Å². The first kappa shape index (κ1) is 13.6. The molecule has 0 fully saturated rings. The van der Waals surface area contributed by atoms with Gasteiger partial charge in [-0.15, -0.1) is 0 Å². The van der Waals surface area contributed by atoms with Gasteiger partial charge in [0.15, 0.2) is 0 Å². The fourth-order valence-electron chi connectivity index (χ4n) is 3.40. The molecule has 22 heavy (non-hydrogen) atoms. The van der Waals surface area contributed by atoms with Gasteiger partial charge in [0.2, 0.25) is 0 Å². The summed E-state index contributed by atoms with van der Waals surface area (Å²) in [7, 11) is 0. The third kappa shape index (κ3) is 1.76. The Morgan fingerprint density at radius 2 is 0.909 bits per heavy atom. The van der Waals surface area contributed by atoms with Crippen LogP contribution >= 0.6 is 0 Å². The minimum atomic E-state index is -0.380. The van der Waals surface area contributed by atoms with Crippen molar-refractivity contribution in [1.82, 2.24) is 0 Å². The Bertz CT molecular complexity index is 1000. The van der Waals surface area contributed by atoms with E-state index < -0.39 is 0 Å². The minimum Gasteiger partial charge on any atom is -0.254 e. The zero-order valence-electron chi connectivity index (χ0n) is 13.9. The lowest BCUT2D eigenvalue weighted by molar-refractivity contribution is 0.548. The average molecular weight is 292 g/mol. The third-order valence-electron chi connectivity index (χ3n) is 4.26. The lowest BCUT2D eigenvalue weighted by Gasteiger charge is -2.07. The van der Waals surface area contributed by atoms with E-state index in [1.807, 2.05) is 27.7 Å². The van der Waals surface area contributed by atoms with Crippen LogP contribution in [0.5, 0.6) is 0 Å². The summed E-state index contributed by atoms with van der Waals surface area (Å²) in [5.41, 5.74) is 1.55. The van der Waals surface area contributed by atoms with Crippen molar-refractivity contribution in [2.75, 3.05) is 0 Å². The van der Waals surface area contributed by atoms with Gasteiger partial charge in [0.1, 0.15) is 11.3 Å². The van der Waals surface area contributed by atoms with E-state index in [0.29, 0.717) is 0 Å². The van der Waals surface area contributed by atoms with Crippen LogP contribution in [0.3, 0.4) is 0 Å². The molecule has 2 aromatic carbocycles. The summed E-state index contributed by atoms with van der Waals surface area (Å²) in [5.74, 6) is 0.